The smallest absolute Gasteiger partial charge is 0.149 e. The molecule has 1 aliphatic carbocycles. The maximum Gasteiger partial charge on any atom is 0.149 e. The number of morpholine rings is 1. The summed E-state index contributed by atoms with van der Waals surface area (Å²) in [5.74, 6) is 2.70. The SMILES string of the molecule is CC(C)c1nsc2nc(Cc3cnn(CC4COC4)c3)nc(NC3CCC(N4CCOCC4)CC3)c12. The standard InChI is InChI=1S/C26H37N7O2S/c1-17(2)24-23-25(28-20-3-5-21(6-4-20)32-7-9-34-10-8-32)29-22(30-26(23)36-31-24)11-18-12-27-33(13-18)14-19-15-35-16-19/h12-13,17,19-21H,3-11,14-16H2,1-2H3,(H,28,29,30). The van der Waals surface area contributed by atoms with Gasteiger partial charge in [0.15, 0.2) is 0 Å². The molecule has 0 atom stereocenters. The Morgan fingerprint density at radius 3 is 2.61 bits per heavy atom. The number of aromatic nitrogens is 5. The average Bonchev–Trinajstić information content (AvgIpc) is 3.50. The van der Waals surface area contributed by atoms with Crippen LogP contribution in [0.3, 0.4) is 0 Å². The van der Waals surface area contributed by atoms with Gasteiger partial charge in [-0.15, -0.1) is 0 Å². The summed E-state index contributed by atoms with van der Waals surface area (Å²) < 4.78 is 17.7. The highest BCUT2D eigenvalue weighted by atomic mass is 32.1. The van der Waals surface area contributed by atoms with E-state index in [2.05, 4.69) is 35.4 Å². The molecule has 0 aromatic carbocycles. The second-order valence-corrected chi connectivity index (χ2v) is 11.6. The first kappa shape index (κ1) is 24.2. The minimum atomic E-state index is 0.333. The van der Waals surface area contributed by atoms with E-state index in [0.29, 0.717) is 30.3 Å². The molecule has 5 heterocycles. The monoisotopic (exact) mass is 511 g/mol. The first-order valence-electron chi connectivity index (χ1n) is 13.5. The third-order valence-electron chi connectivity index (χ3n) is 7.76. The summed E-state index contributed by atoms with van der Waals surface area (Å²) >= 11 is 1.49. The zero-order valence-electron chi connectivity index (χ0n) is 21.4. The molecule has 3 aromatic heterocycles. The van der Waals surface area contributed by atoms with Gasteiger partial charge in [0.2, 0.25) is 0 Å². The van der Waals surface area contributed by atoms with E-state index in [1.165, 1.54) is 24.4 Å². The van der Waals surface area contributed by atoms with Gasteiger partial charge in [0.1, 0.15) is 16.5 Å². The quantitative estimate of drug-likeness (QED) is 0.490. The fourth-order valence-electron chi connectivity index (χ4n) is 5.65. The van der Waals surface area contributed by atoms with Gasteiger partial charge >= 0.3 is 0 Å². The largest absolute Gasteiger partial charge is 0.381 e. The molecule has 1 N–H and O–H groups in total. The highest BCUT2D eigenvalue weighted by Gasteiger charge is 2.28. The van der Waals surface area contributed by atoms with E-state index in [4.69, 9.17) is 23.8 Å². The van der Waals surface area contributed by atoms with Crippen LogP contribution in [-0.4, -0.2) is 80.6 Å². The fraction of sp³-hybridized carbons (Fsp3) is 0.692. The zero-order chi connectivity index (χ0) is 24.5. The Kier molecular flexibility index (Phi) is 7.19. The lowest BCUT2D eigenvalue weighted by molar-refractivity contribution is -0.0408. The Bertz CT molecular complexity index is 1160. The summed E-state index contributed by atoms with van der Waals surface area (Å²) in [5, 5.41) is 9.50. The molecule has 194 valence electrons. The molecule has 3 aromatic rings. The summed E-state index contributed by atoms with van der Waals surface area (Å²) in [6.45, 7) is 10.9. The van der Waals surface area contributed by atoms with Crippen molar-refractivity contribution in [3.63, 3.8) is 0 Å². The van der Waals surface area contributed by atoms with Crippen LogP contribution in [0.2, 0.25) is 0 Å². The van der Waals surface area contributed by atoms with Gasteiger partial charge in [-0.2, -0.15) is 9.47 Å². The summed E-state index contributed by atoms with van der Waals surface area (Å²) in [6.07, 6.45) is 9.51. The highest BCUT2D eigenvalue weighted by molar-refractivity contribution is 7.13. The number of hydrogen-bond donors (Lipinski definition) is 1. The normalized spacial score (nSPS) is 23.9. The Hall–Kier alpha value is -2.14. The lowest BCUT2D eigenvalue weighted by atomic mass is 9.90. The zero-order valence-corrected chi connectivity index (χ0v) is 22.2. The van der Waals surface area contributed by atoms with Crippen LogP contribution in [0.5, 0.6) is 0 Å². The third kappa shape index (κ3) is 5.27. The molecule has 0 amide bonds. The average molecular weight is 512 g/mol. The van der Waals surface area contributed by atoms with Crippen molar-refractivity contribution in [1.82, 2.24) is 29.0 Å². The van der Waals surface area contributed by atoms with Crippen molar-refractivity contribution in [3.8, 4) is 0 Å². The van der Waals surface area contributed by atoms with Gasteiger partial charge in [0.05, 0.1) is 43.7 Å². The van der Waals surface area contributed by atoms with E-state index < -0.39 is 0 Å². The molecule has 0 radical (unpaired) electrons. The number of fused-ring (bicyclic) bond motifs is 1. The molecule has 10 heteroatoms. The summed E-state index contributed by atoms with van der Waals surface area (Å²) in [6, 6.07) is 1.12. The van der Waals surface area contributed by atoms with Crippen LogP contribution >= 0.6 is 11.5 Å². The van der Waals surface area contributed by atoms with Crippen LogP contribution in [0.4, 0.5) is 5.82 Å². The Balaban J connectivity index is 1.18. The lowest BCUT2D eigenvalue weighted by Crippen LogP contribution is -2.46. The van der Waals surface area contributed by atoms with Crippen molar-refractivity contribution in [3.05, 3.63) is 29.5 Å². The fourth-order valence-corrected chi connectivity index (χ4v) is 6.58. The van der Waals surface area contributed by atoms with Crippen LogP contribution in [0, 0.1) is 5.92 Å². The second-order valence-electron chi connectivity index (χ2n) is 10.8. The van der Waals surface area contributed by atoms with Gasteiger partial charge in [-0.25, -0.2) is 9.97 Å². The van der Waals surface area contributed by atoms with Crippen molar-refractivity contribution < 1.29 is 9.47 Å². The Morgan fingerprint density at radius 1 is 1.08 bits per heavy atom. The molecular formula is C26H37N7O2S. The van der Waals surface area contributed by atoms with Gasteiger partial charge in [-0.05, 0) is 48.7 Å². The first-order chi connectivity index (χ1) is 17.6. The molecule has 0 spiro atoms. The van der Waals surface area contributed by atoms with Crippen LogP contribution in [-0.2, 0) is 22.4 Å². The van der Waals surface area contributed by atoms with Crippen molar-refractivity contribution >= 4 is 27.6 Å². The lowest BCUT2D eigenvalue weighted by Gasteiger charge is -2.39. The minimum absolute atomic E-state index is 0.333. The van der Waals surface area contributed by atoms with Crippen LogP contribution in [0.25, 0.3) is 10.2 Å². The maximum atomic E-state index is 5.55. The molecule has 1 saturated carbocycles. The van der Waals surface area contributed by atoms with E-state index >= 15 is 0 Å². The van der Waals surface area contributed by atoms with Crippen LogP contribution in [0.15, 0.2) is 12.4 Å². The predicted molar refractivity (Wildman–Crippen MR) is 141 cm³/mol. The summed E-state index contributed by atoms with van der Waals surface area (Å²) in [7, 11) is 0. The van der Waals surface area contributed by atoms with E-state index in [1.54, 1.807) is 0 Å². The van der Waals surface area contributed by atoms with Gasteiger partial charge < -0.3 is 14.8 Å². The van der Waals surface area contributed by atoms with Crippen LogP contribution in [0.1, 0.15) is 62.5 Å². The molecular weight excluding hydrogens is 474 g/mol. The molecule has 3 fully saturated rings. The maximum absolute atomic E-state index is 5.55. The second kappa shape index (κ2) is 10.7. The van der Waals surface area contributed by atoms with Crippen molar-refractivity contribution in [1.29, 1.82) is 0 Å². The number of rotatable bonds is 8. The van der Waals surface area contributed by atoms with Crippen molar-refractivity contribution in [2.24, 2.45) is 5.92 Å². The molecule has 0 bridgehead atoms. The highest BCUT2D eigenvalue weighted by Crippen LogP contribution is 2.34. The molecule has 0 unspecified atom stereocenters. The number of nitrogens with one attached hydrogen (secondary N) is 1. The van der Waals surface area contributed by atoms with Crippen molar-refractivity contribution in [2.45, 2.75) is 70.5 Å². The number of hydrogen-bond acceptors (Lipinski definition) is 9. The van der Waals surface area contributed by atoms with E-state index in [0.717, 1.165) is 92.0 Å². The van der Waals surface area contributed by atoms with E-state index in [-0.39, 0.29) is 0 Å². The topological polar surface area (TPSA) is 90.2 Å². The molecule has 2 saturated heterocycles. The summed E-state index contributed by atoms with van der Waals surface area (Å²) in [5.41, 5.74) is 2.24. The third-order valence-corrected chi connectivity index (χ3v) is 8.51. The van der Waals surface area contributed by atoms with Gasteiger partial charge in [-0.1, -0.05) is 13.8 Å². The van der Waals surface area contributed by atoms with Crippen LogP contribution < -0.4 is 5.32 Å². The van der Waals surface area contributed by atoms with E-state index in [9.17, 15) is 0 Å². The Labute approximate surface area is 216 Å². The number of anilines is 1. The van der Waals surface area contributed by atoms with Gasteiger partial charge in [0, 0.05) is 50.3 Å². The molecule has 2 aliphatic heterocycles. The minimum Gasteiger partial charge on any atom is -0.381 e. The molecule has 9 nitrogen and oxygen atoms in total. The predicted octanol–water partition coefficient (Wildman–Crippen LogP) is 3.70. The van der Waals surface area contributed by atoms with E-state index in [1.807, 2.05) is 10.9 Å². The van der Waals surface area contributed by atoms with Crippen molar-refractivity contribution in [2.75, 3.05) is 44.8 Å². The molecule has 3 aliphatic rings. The molecule has 6 rings (SSSR count). The van der Waals surface area contributed by atoms with Gasteiger partial charge in [-0.3, -0.25) is 9.58 Å². The summed E-state index contributed by atoms with van der Waals surface area (Å²) in [4.78, 5) is 13.6. The first-order valence-corrected chi connectivity index (χ1v) is 14.2. The number of nitrogens with zero attached hydrogens (tertiary/aromatic N) is 6. The molecule has 36 heavy (non-hydrogen) atoms. The van der Waals surface area contributed by atoms with Gasteiger partial charge in [0.25, 0.3) is 0 Å². The number of ether oxygens (including phenoxy) is 2. The Morgan fingerprint density at radius 2 is 1.89 bits per heavy atom.